The quantitative estimate of drug-likeness (QED) is 0.878. The number of amides is 1. The third-order valence-electron chi connectivity index (χ3n) is 3.72. The van der Waals surface area contributed by atoms with Crippen molar-refractivity contribution in [2.45, 2.75) is 24.2 Å². The first kappa shape index (κ1) is 15.5. The lowest BCUT2D eigenvalue weighted by Gasteiger charge is -2.15. The molecule has 1 aromatic rings. The lowest BCUT2D eigenvalue weighted by atomic mass is 9.95. The first-order valence-corrected chi connectivity index (χ1v) is 8.52. The fourth-order valence-corrected chi connectivity index (χ4v) is 3.22. The molecule has 0 radical (unpaired) electrons. The van der Waals surface area contributed by atoms with Crippen LogP contribution in [0.2, 0.25) is 0 Å². The number of benzene rings is 1. The van der Waals surface area contributed by atoms with Gasteiger partial charge >= 0.3 is 5.97 Å². The highest BCUT2D eigenvalue weighted by Gasteiger charge is 2.37. The average Bonchev–Trinajstić information content (AvgIpc) is 2.87. The Kier molecular flexibility index (Phi) is 4.32. The van der Waals surface area contributed by atoms with Crippen molar-refractivity contribution >= 4 is 27.4 Å². The molecule has 0 unspecified atom stereocenters. The largest absolute Gasteiger partial charge is 0.481 e. The summed E-state index contributed by atoms with van der Waals surface area (Å²) < 4.78 is 22.7. The molecule has 1 amide bonds. The molecule has 0 aromatic heterocycles. The van der Waals surface area contributed by atoms with E-state index in [0.717, 1.165) is 12.7 Å². The summed E-state index contributed by atoms with van der Waals surface area (Å²) in [6.45, 7) is 0. The summed E-state index contributed by atoms with van der Waals surface area (Å²) in [5.74, 6) is -2.44. The van der Waals surface area contributed by atoms with Gasteiger partial charge in [0.25, 0.3) is 0 Å². The van der Waals surface area contributed by atoms with E-state index in [0.29, 0.717) is 18.5 Å². The molecule has 2 atom stereocenters. The molecule has 0 spiro atoms. The summed E-state index contributed by atoms with van der Waals surface area (Å²) in [6.07, 6.45) is 2.91. The summed E-state index contributed by atoms with van der Waals surface area (Å²) in [6, 6.07) is 5.82. The second kappa shape index (κ2) is 5.85. The zero-order chi connectivity index (χ0) is 15.6. The average molecular weight is 311 g/mol. The van der Waals surface area contributed by atoms with Gasteiger partial charge in [0.2, 0.25) is 5.91 Å². The van der Waals surface area contributed by atoms with Crippen molar-refractivity contribution in [1.29, 1.82) is 0 Å². The molecule has 2 N–H and O–H groups in total. The van der Waals surface area contributed by atoms with Crippen LogP contribution < -0.4 is 5.32 Å². The van der Waals surface area contributed by atoms with E-state index in [1.807, 2.05) is 0 Å². The molecule has 1 aliphatic rings. The van der Waals surface area contributed by atoms with Crippen molar-refractivity contribution in [3.8, 4) is 0 Å². The number of carbonyl (C=O) groups excluding carboxylic acids is 1. The number of hydrogen-bond donors (Lipinski definition) is 2. The maximum atomic E-state index is 12.1. The van der Waals surface area contributed by atoms with E-state index in [2.05, 4.69) is 5.32 Å². The van der Waals surface area contributed by atoms with Crippen molar-refractivity contribution < 1.29 is 23.1 Å². The standard InChI is InChI=1S/C14H17NO5S/c1-21(19,20)10-7-5-9(6-8-10)15-13(16)11-3-2-4-12(11)14(17)18/h5-8,11-12H,2-4H2,1H3,(H,15,16)(H,17,18)/t11-,12+/m1/s1. The third kappa shape index (κ3) is 3.60. The second-order valence-corrected chi connectivity index (χ2v) is 7.28. The van der Waals surface area contributed by atoms with Crippen LogP contribution in [0.3, 0.4) is 0 Å². The van der Waals surface area contributed by atoms with Gasteiger partial charge in [0.1, 0.15) is 0 Å². The van der Waals surface area contributed by atoms with Gasteiger partial charge in [-0.25, -0.2) is 8.42 Å². The number of rotatable bonds is 4. The van der Waals surface area contributed by atoms with Crippen LogP contribution in [0.1, 0.15) is 19.3 Å². The Morgan fingerprint density at radius 2 is 1.71 bits per heavy atom. The molecule has 21 heavy (non-hydrogen) atoms. The summed E-state index contributed by atoms with van der Waals surface area (Å²) in [5, 5.41) is 11.7. The van der Waals surface area contributed by atoms with E-state index in [4.69, 9.17) is 5.11 Å². The zero-order valence-corrected chi connectivity index (χ0v) is 12.4. The number of anilines is 1. The molecule has 1 aromatic carbocycles. The maximum Gasteiger partial charge on any atom is 0.307 e. The third-order valence-corrected chi connectivity index (χ3v) is 4.85. The highest BCUT2D eigenvalue weighted by molar-refractivity contribution is 7.90. The summed E-state index contributed by atoms with van der Waals surface area (Å²) in [4.78, 5) is 23.4. The molecule has 6 nitrogen and oxygen atoms in total. The molecule has 114 valence electrons. The van der Waals surface area contributed by atoms with E-state index in [-0.39, 0.29) is 10.8 Å². The normalized spacial score (nSPS) is 22.0. The van der Waals surface area contributed by atoms with Gasteiger partial charge < -0.3 is 10.4 Å². The molecule has 2 rings (SSSR count). The van der Waals surface area contributed by atoms with Gasteiger partial charge in [-0.1, -0.05) is 6.42 Å². The molecular weight excluding hydrogens is 294 g/mol. The van der Waals surface area contributed by atoms with Crippen LogP contribution in [0.5, 0.6) is 0 Å². The highest BCUT2D eigenvalue weighted by atomic mass is 32.2. The zero-order valence-electron chi connectivity index (χ0n) is 11.6. The van der Waals surface area contributed by atoms with E-state index < -0.39 is 27.6 Å². The first-order chi connectivity index (χ1) is 9.79. The number of hydrogen-bond acceptors (Lipinski definition) is 4. The Morgan fingerprint density at radius 1 is 1.14 bits per heavy atom. The monoisotopic (exact) mass is 311 g/mol. The lowest BCUT2D eigenvalue weighted by Crippen LogP contribution is -2.29. The number of aliphatic carboxylic acids is 1. The van der Waals surface area contributed by atoms with Crippen LogP contribution in [0.15, 0.2) is 29.2 Å². The number of carboxylic acids is 1. The van der Waals surface area contributed by atoms with E-state index >= 15 is 0 Å². The molecule has 1 saturated carbocycles. The summed E-state index contributed by atoms with van der Waals surface area (Å²) in [7, 11) is -3.27. The van der Waals surface area contributed by atoms with Crippen LogP contribution in [0, 0.1) is 11.8 Å². The van der Waals surface area contributed by atoms with Crippen molar-refractivity contribution in [2.75, 3.05) is 11.6 Å². The van der Waals surface area contributed by atoms with Crippen molar-refractivity contribution in [2.24, 2.45) is 11.8 Å². The van der Waals surface area contributed by atoms with Crippen LogP contribution in [0.4, 0.5) is 5.69 Å². The van der Waals surface area contributed by atoms with E-state index in [1.165, 1.54) is 24.3 Å². The second-order valence-electron chi connectivity index (χ2n) is 5.27. The Hall–Kier alpha value is -1.89. The van der Waals surface area contributed by atoms with Crippen LogP contribution >= 0.6 is 0 Å². The Bertz CT molecular complexity index is 650. The Labute approximate surface area is 123 Å². The smallest absolute Gasteiger partial charge is 0.307 e. The van der Waals surface area contributed by atoms with Gasteiger partial charge in [0.15, 0.2) is 9.84 Å². The fourth-order valence-electron chi connectivity index (χ4n) is 2.59. The van der Waals surface area contributed by atoms with E-state index in [9.17, 15) is 18.0 Å². The van der Waals surface area contributed by atoms with Gasteiger partial charge in [-0.2, -0.15) is 0 Å². The van der Waals surface area contributed by atoms with Crippen molar-refractivity contribution in [3.63, 3.8) is 0 Å². The molecule has 0 saturated heterocycles. The topological polar surface area (TPSA) is 101 Å². The summed E-state index contributed by atoms with van der Waals surface area (Å²) >= 11 is 0. The van der Waals surface area contributed by atoms with Crippen molar-refractivity contribution in [1.82, 2.24) is 0 Å². The minimum Gasteiger partial charge on any atom is -0.481 e. The molecular formula is C14H17NO5S. The molecule has 0 heterocycles. The summed E-state index contributed by atoms with van der Waals surface area (Å²) in [5.41, 5.74) is 0.462. The molecule has 0 aliphatic heterocycles. The van der Waals surface area contributed by atoms with Crippen molar-refractivity contribution in [3.05, 3.63) is 24.3 Å². The van der Waals surface area contributed by atoms with Gasteiger partial charge in [-0.05, 0) is 37.1 Å². The van der Waals surface area contributed by atoms with E-state index in [1.54, 1.807) is 0 Å². The molecule has 1 aliphatic carbocycles. The van der Waals surface area contributed by atoms with Gasteiger partial charge in [-0.15, -0.1) is 0 Å². The van der Waals surface area contributed by atoms with Gasteiger partial charge in [-0.3, -0.25) is 9.59 Å². The predicted octanol–water partition coefficient (Wildman–Crippen LogP) is 1.53. The predicted molar refractivity (Wildman–Crippen MR) is 76.6 cm³/mol. The number of nitrogens with one attached hydrogen (secondary N) is 1. The first-order valence-electron chi connectivity index (χ1n) is 6.63. The van der Waals surface area contributed by atoms with Gasteiger partial charge in [0.05, 0.1) is 16.7 Å². The highest BCUT2D eigenvalue weighted by Crippen LogP contribution is 2.32. The minimum absolute atomic E-state index is 0.171. The SMILES string of the molecule is CS(=O)(=O)c1ccc(NC(=O)[C@@H]2CCC[C@@H]2C(=O)O)cc1. The number of sulfone groups is 1. The Morgan fingerprint density at radius 3 is 2.24 bits per heavy atom. The van der Waals surface area contributed by atoms with Crippen LogP contribution in [-0.4, -0.2) is 31.7 Å². The minimum atomic E-state index is -3.27. The Balaban J connectivity index is 2.08. The fraction of sp³-hybridized carbons (Fsp3) is 0.429. The lowest BCUT2D eigenvalue weighted by molar-refractivity contribution is -0.145. The molecule has 0 bridgehead atoms. The maximum absolute atomic E-state index is 12.1. The van der Waals surface area contributed by atoms with Crippen LogP contribution in [0.25, 0.3) is 0 Å². The molecule has 1 fully saturated rings. The van der Waals surface area contributed by atoms with Crippen LogP contribution in [-0.2, 0) is 19.4 Å². The molecule has 7 heteroatoms. The number of carboxylic acid groups (broad SMARTS) is 1. The van der Waals surface area contributed by atoms with Gasteiger partial charge in [0, 0.05) is 11.9 Å². The number of carbonyl (C=O) groups is 2.